The third-order valence-electron chi connectivity index (χ3n) is 3.31. The first-order chi connectivity index (χ1) is 10.8. The Hall–Kier alpha value is -2.26. The smallest absolute Gasteiger partial charge is 0.305 e. The maximum Gasteiger partial charge on any atom is 0.305 e. The Balaban J connectivity index is 2.18. The van der Waals surface area contributed by atoms with Gasteiger partial charge < -0.3 is 9.64 Å². The number of fused-ring (bicyclic) bond motifs is 1. The van der Waals surface area contributed by atoms with Gasteiger partial charge in [0.15, 0.2) is 0 Å². The van der Waals surface area contributed by atoms with Crippen molar-refractivity contribution in [3.05, 3.63) is 23.8 Å². The van der Waals surface area contributed by atoms with Crippen LogP contribution in [0.15, 0.2) is 23.1 Å². The summed E-state index contributed by atoms with van der Waals surface area (Å²) in [7, 11) is -4.46. The third-order valence-corrected chi connectivity index (χ3v) is 4.16. The van der Waals surface area contributed by atoms with Crippen LogP contribution in [0.1, 0.15) is 30.1 Å². The first-order valence-electron chi connectivity index (χ1n) is 6.89. The quantitative estimate of drug-likeness (QED) is 0.462. The summed E-state index contributed by atoms with van der Waals surface area (Å²) in [6, 6.07) is 3.36. The molecule has 124 valence electrons. The fraction of sp³-hybridized carbons (Fsp3) is 0.357. The van der Waals surface area contributed by atoms with Crippen molar-refractivity contribution in [3.8, 4) is 0 Å². The minimum atomic E-state index is -4.46. The Labute approximate surface area is 132 Å². The van der Waals surface area contributed by atoms with Gasteiger partial charge in [-0.05, 0) is 31.5 Å². The highest BCUT2D eigenvalue weighted by atomic mass is 32.2. The monoisotopic (exact) mass is 341 g/mol. The van der Waals surface area contributed by atoms with Crippen LogP contribution in [-0.4, -0.2) is 43.8 Å². The number of Topliss-reactive ketones (excluding diaryl/α,β-unsaturated/α-hetero) is 1. The van der Waals surface area contributed by atoms with Crippen molar-refractivity contribution in [1.82, 2.24) is 0 Å². The number of anilines is 1. The molecule has 0 bridgehead atoms. The molecule has 1 aliphatic rings. The molecule has 2 rings (SSSR count). The van der Waals surface area contributed by atoms with Crippen LogP contribution in [0.3, 0.4) is 0 Å². The lowest BCUT2D eigenvalue weighted by atomic mass is 10.1. The van der Waals surface area contributed by atoms with E-state index in [0.29, 0.717) is 6.42 Å². The predicted molar refractivity (Wildman–Crippen MR) is 78.8 cm³/mol. The number of hydrogen-bond acceptors (Lipinski definition) is 6. The molecule has 0 saturated carbocycles. The summed E-state index contributed by atoms with van der Waals surface area (Å²) >= 11 is 0. The van der Waals surface area contributed by atoms with Crippen LogP contribution in [0.2, 0.25) is 0 Å². The fourth-order valence-corrected chi connectivity index (χ4v) is 2.78. The number of esters is 1. The molecule has 0 aliphatic carbocycles. The van der Waals surface area contributed by atoms with E-state index in [9.17, 15) is 22.8 Å². The van der Waals surface area contributed by atoms with E-state index in [2.05, 4.69) is 0 Å². The zero-order valence-corrected chi connectivity index (χ0v) is 13.1. The third kappa shape index (κ3) is 3.57. The molecule has 0 spiro atoms. The van der Waals surface area contributed by atoms with Gasteiger partial charge in [-0.25, -0.2) is 0 Å². The largest absolute Gasteiger partial charge is 0.466 e. The van der Waals surface area contributed by atoms with Crippen LogP contribution >= 0.6 is 0 Å². The van der Waals surface area contributed by atoms with E-state index in [1.54, 1.807) is 6.92 Å². The molecule has 1 amide bonds. The van der Waals surface area contributed by atoms with Gasteiger partial charge in [-0.3, -0.25) is 18.9 Å². The maximum absolute atomic E-state index is 12.0. The second kappa shape index (κ2) is 6.47. The highest BCUT2D eigenvalue weighted by Crippen LogP contribution is 2.31. The van der Waals surface area contributed by atoms with E-state index in [0.717, 1.165) is 12.1 Å². The van der Waals surface area contributed by atoms with Crippen molar-refractivity contribution in [2.24, 2.45) is 0 Å². The molecule has 1 heterocycles. The minimum absolute atomic E-state index is 0.0822. The zero-order chi connectivity index (χ0) is 17.2. The van der Waals surface area contributed by atoms with Crippen LogP contribution < -0.4 is 4.90 Å². The second-order valence-electron chi connectivity index (χ2n) is 4.85. The van der Waals surface area contributed by atoms with Gasteiger partial charge >= 0.3 is 5.97 Å². The van der Waals surface area contributed by atoms with Gasteiger partial charge in [-0.15, -0.1) is 0 Å². The molecule has 0 saturated heterocycles. The average Bonchev–Trinajstić information content (AvgIpc) is 2.71. The average molecular weight is 341 g/mol. The SMILES string of the molecule is CCOC(=O)CCCN1C(=O)C(=O)c2cc(S(=O)(=O)O)ccc21. The van der Waals surface area contributed by atoms with Gasteiger partial charge in [0.25, 0.3) is 21.8 Å². The number of rotatable bonds is 6. The van der Waals surface area contributed by atoms with E-state index in [-0.39, 0.29) is 30.8 Å². The summed E-state index contributed by atoms with van der Waals surface area (Å²) in [6.07, 6.45) is 0.404. The van der Waals surface area contributed by atoms with Crippen LogP contribution in [0.25, 0.3) is 0 Å². The van der Waals surface area contributed by atoms with Gasteiger partial charge in [0.05, 0.1) is 22.8 Å². The second-order valence-corrected chi connectivity index (χ2v) is 6.27. The highest BCUT2D eigenvalue weighted by molar-refractivity contribution is 7.85. The molecule has 8 nitrogen and oxygen atoms in total. The Kier molecular flexibility index (Phi) is 4.81. The highest BCUT2D eigenvalue weighted by Gasteiger charge is 2.36. The van der Waals surface area contributed by atoms with Crippen molar-refractivity contribution >= 4 is 33.5 Å². The molecule has 0 fully saturated rings. The number of carbonyl (C=O) groups is 3. The number of carbonyl (C=O) groups excluding carboxylic acids is 3. The molecule has 0 aromatic heterocycles. The number of amides is 1. The molecule has 1 aliphatic heterocycles. The lowest BCUT2D eigenvalue weighted by Crippen LogP contribution is -2.31. The van der Waals surface area contributed by atoms with Crippen LogP contribution in [0.5, 0.6) is 0 Å². The van der Waals surface area contributed by atoms with Crippen molar-refractivity contribution in [2.75, 3.05) is 18.1 Å². The molecular formula is C14H15NO7S. The molecular weight excluding hydrogens is 326 g/mol. The van der Waals surface area contributed by atoms with Gasteiger partial charge in [-0.2, -0.15) is 8.42 Å². The zero-order valence-electron chi connectivity index (χ0n) is 12.3. The van der Waals surface area contributed by atoms with Crippen molar-refractivity contribution in [1.29, 1.82) is 0 Å². The van der Waals surface area contributed by atoms with Crippen molar-refractivity contribution < 1.29 is 32.1 Å². The molecule has 1 N–H and O–H groups in total. The lowest BCUT2D eigenvalue weighted by molar-refractivity contribution is -0.143. The van der Waals surface area contributed by atoms with Crippen LogP contribution in [0.4, 0.5) is 5.69 Å². The van der Waals surface area contributed by atoms with Crippen LogP contribution in [-0.2, 0) is 24.4 Å². The van der Waals surface area contributed by atoms with Gasteiger partial charge in [0.1, 0.15) is 0 Å². The maximum atomic E-state index is 12.0. The number of nitrogens with zero attached hydrogens (tertiary/aromatic N) is 1. The summed E-state index contributed by atoms with van der Waals surface area (Å²) in [5.41, 5.74) is 0.178. The molecule has 1 aromatic rings. The Morgan fingerprint density at radius 1 is 1.30 bits per heavy atom. The molecule has 1 aromatic carbocycles. The van der Waals surface area contributed by atoms with Gasteiger partial charge in [0.2, 0.25) is 0 Å². The number of ether oxygens (including phenoxy) is 1. The number of benzene rings is 1. The van der Waals surface area contributed by atoms with E-state index in [1.165, 1.54) is 11.0 Å². The Bertz CT molecular complexity index is 769. The molecule has 23 heavy (non-hydrogen) atoms. The summed E-state index contributed by atoms with van der Waals surface area (Å²) in [5, 5.41) is 0. The first kappa shape index (κ1) is 17.1. The topological polar surface area (TPSA) is 118 Å². The minimum Gasteiger partial charge on any atom is -0.466 e. The van der Waals surface area contributed by atoms with E-state index in [1.807, 2.05) is 0 Å². The molecule has 9 heteroatoms. The normalized spacial score (nSPS) is 14.1. The predicted octanol–water partition coefficient (Wildman–Crippen LogP) is 0.806. The van der Waals surface area contributed by atoms with Crippen molar-refractivity contribution in [3.63, 3.8) is 0 Å². The van der Waals surface area contributed by atoms with Crippen molar-refractivity contribution in [2.45, 2.75) is 24.7 Å². The van der Waals surface area contributed by atoms with E-state index in [4.69, 9.17) is 9.29 Å². The summed E-state index contributed by atoms with van der Waals surface area (Å²) in [5.74, 6) is -2.04. The standard InChI is InChI=1S/C14H15NO7S/c1-2-22-12(16)4-3-7-15-11-6-5-9(23(19,20)21)8-10(11)13(17)14(15)18/h5-6,8H,2-4,7H2,1H3,(H,19,20,21). The fourth-order valence-electron chi connectivity index (χ4n) is 2.28. The molecule has 0 atom stereocenters. The number of hydrogen-bond donors (Lipinski definition) is 1. The summed E-state index contributed by atoms with van der Waals surface area (Å²) < 4.78 is 36.0. The van der Waals surface area contributed by atoms with Crippen LogP contribution in [0, 0.1) is 0 Å². The number of ketones is 1. The Morgan fingerprint density at radius 3 is 2.61 bits per heavy atom. The summed E-state index contributed by atoms with van der Waals surface area (Å²) in [6.45, 7) is 2.08. The van der Waals surface area contributed by atoms with Gasteiger partial charge in [-0.1, -0.05) is 0 Å². The lowest BCUT2D eigenvalue weighted by Gasteiger charge is -2.16. The summed E-state index contributed by atoms with van der Waals surface area (Å²) in [4.78, 5) is 35.9. The molecule has 0 radical (unpaired) electrons. The van der Waals surface area contributed by atoms with E-state index < -0.39 is 32.7 Å². The van der Waals surface area contributed by atoms with Gasteiger partial charge in [0, 0.05) is 13.0 Å². The first-order valence-corrected chi connectivity index (χ1v) is 8.33. The Morgan fingerprint density at radius 2 is 2.00 bits per heavy atom. The molecule has 0 unspecified atom stereocenters. The van der Waals surface area contributed by atoms with E-state index >= 15 is 0 Å².